The molecule has 2 unspecified atom stereocenters. The molecule has 0 bridgehead atoms. The number of methoxy groups -OCH3 is 1. The highest BCUT2D eigenvalue weighted by Gasteiger charge is 2.24. The molecular formula is C19H30FIN4O2. The zero-order valence-corrected chi connectivity index (χ0v) is 18.3. The normalized spacial score (nSPS) is 18.6. The lowest BCUT2D eigenvalue weighted by atomic mass is 9.95. The van der Waals surface area contributed by atoms with Gasteiger partial charge in [0.15, 0.2) is 5.96 Å². The zero-order chi connectivity index (χ0) is 18.9. The molecule has 2 atom stereocenters. The summed E-state index contributed by atoms with van der Waals surface area (Å²) in [6.45, 7) is 4.87. The first-order valence-corrected chi connectivity index (χ1v) is 9.13. The average Bonchev–Trinajstić information content (AvgIpc) is 2.62. The third-order valence-electron chi connectivity index (χ3n) is 4.58. The Labute approximate surface area is 177 Å². The number of nitrogens with two attached hydrogens (primary N) is 1. The molecule has 0 aliphatic carbocycles. The van der Waals surface area contributed by atoms with Gasteiger partial charge in [0.2, 0.25) is 5.91 Å². The smallest absolute Gasteiger partial charge is 0.217 e. The molecule has 0 spiro atoms. The Morgan fingerprint density at radius 1 is 1.44 bits per heavy atom. The number of hydrogen-bond donors (Lipinski definition) is 2. The first kappa shape index (κ1) is 23.6. The number of ether oxygens (including phenoxy) is 1. The first-order valence-electron chi connectivity index (χ1n) is 9.13. The van der Waals surface area contributed by atoms with Crippen LogP contribution in [0.1, 0.15) is 37.9 Å². The molecule has 0 radical (unpaired) electrons. The monoisotopic (exact) mass is 492 g/mol. The Bertz CT molecular complexity index is 612. The van der Waals surface area contributed by atoms with Gasteiger partial charge < -0.3 is 20.7 Å². The van der Waals surface area contributed by atoms with Crippen LogP contribution in [0.15, 0.2) is 29.3 Å². The van der Waals surface area contributed by atoms with E-state index in [4.69, 9.17) is 15.5 Å². The predicted molar refractivity (Wildman–Crippen MR) is 116 cm³/mol. The Balaban J connectivity index is 0.00000364. The number of carbonyl (C=O) groups is 1. The standard InChI is InChI=1S/C19H29FN4O2.HI/c1-3-22-19(24-10-4-5-14(13-24)11-18(21)25)23-12-17(26-2)15-6-8-16(20)9-7-15;/h6-9,14,17H,3-5,10-13H2,1-2H3,(H2,21,25)(H,22,23);1H. The molecule has 2 rings (SSSR count). The van der Waals surface area contributed by atoms with Crippen LogP contribution in [-0.2, 0) is 9.53 Å². The number of amides is 1. The van der Waals surface area contributed by atoms with Crippen molar-refractivity contribution in [2.75, 3.05) is 33.3 Å². The van der Waals surface area contributed by atoms with Crippen LogP contribution in [0.25, 0.3) is 0 Å². The second-order valence-electron chi connectivity index (χ2n) is 6.60. The van der Waals surface area contributed by atoms with E-state index in [0.29, 0.717) is 13.0 Å². The number of nitrogens with zero attached hydrogens (tertiary/aromatic N) is 2. The summed E-state index contributed by atoms with van der Waals surface area (Å²) in [7, 11) is 1.63. The van der Waals surface area contributed by atoms with Gasteiger partial charge in [-0.1, -0.05) is 12.1 Å². The summed E-state index contributed by atoms with van der Waals surface area (Å²) in [5.41, 5.74) is 6.24. The van der Waals surface area contributed by atoms with E-state index >= 15 is 0 Å². The van der Waals surface area contributed by atoms with Crippen molar-refractivity contribution in [1.82, 2.24) is 10.2 Å². The number of benzene rings is 1. The number of likely N-dealkylation sites (tertiary alicyclic amines) is 1. The Hall–Kier alpha value is -1.42. The predicted octanol–water partition coefficient (Wildman–Crippen LogP) is 2.68. The maximum Gasteiger partial charge on any atom is 0.217 e. The summed E-state index contributed by atoms with van der Waals surface area (Å²) in [5.74, 6) is 0.551. The fourth-order valence-corrected chi connectivity index (χ4v) is 3.30. The van der Waals surface area contributed by atoms with E-state index in [9.17, 15) is 9.18 Å². The summed E-state index contributed by atoms with van der Waals surface area (Å²) < 4.78 is 18.6. The minimum absolute atomic E-state index is 0. The highest BCUT2D eigenvalue weighted by atomic mass is 127. The van der Waals surface area contributed by atoms with Gasteiger partial charge in [-0.25, -0.2) is 4.39 Å². The number of aliphatic imine (C=N–C) groups is 1. The zero-order valence-electron chi connectivity index (χ0n) is 16.0. The molecule has 1 amide bonds. The molecule has 0 saturated carbocycles. The van der Waals surface area contributed by atoms with E-state index in [0.717, 1.165) is 44.0 Å². The summed E-state index contributed by atoms with van der Waals surface area (Å²) in [5, 5.41) is 3.31. The van der Waals surface area contributed by atoms with Crippen molar-refractivity contribution in [3.63, 3.8) is 0 Å². The fourth-order valence-electron chi connectivity index (χ4n) is 3.30. The molecule has 6 nitrogen and oxygen atoms in total. The molecule has 27 heavy (non-hydrogen) atoms. The van der Waals surface area contributed by atoms with Crippen LogP contribution in [0.3, 0.4) is 0 Å². The van der Waals surface area contributed by atoms with Crippen molar-refractivity contribution in [2.45, 2.75) is 32.3 Å². The topological polar surface area (TPSA) is 80.0 Å². The minimum atomic E-state index is -0.269. The molecule has 8 heteroatoms. The van der Waals surface area contributed by atoms with Crippen LogP contribution in [-0.4, -0.2) is 50.1 Å². The van der Waals surface area contributed by atoms with Gasteiger partial charge in [0, 0.05) is 33.2 Å². The average molecular weight is 492 g/mol. The number of primary amides is 1. The molecule has 152 valence electrons. The van der Waals surface area contributed by atoms with Crippen molar-refractivity contribution in [3.05, 3.63) is 35.6 Å². The summed E-state index contributed by atoms with van der Waals surface area (Å²) in [6, 6.07) is 6.29. The van der Waals surface area contributed by atoms with Gasteiger partial charge >= 0.3 is 0 Å². The number of halogens is 2. The third kappa shape index (κ3) is 7.61. The van der Waals surface area contributed by atoms with Gasteiger partial charge in [-0.3, -0.25) is 9.79 Å². The quantitative estimate of drug-likeness (QED) is 0.349. The van der Waals surface area contributed by atoms with Crippen LogP contribution in [0.4, 0.5) is 4.39 Å². The largest absolute Gasteiger partial charge is 0.375 e. The minimum Gasteiger partial charge on any atom is -0.375 e. The number of rotatable bonds is 7. The highest BCUT2D eigenvalue weighted by Crippen LogP contribution is 2.21. The van der Waals surface area contributed by atoms with Crippen LogP contribution in [0.2, 0.25) is 0 Å². The first-order chi connectivity index (χ1) is 12.5. The van der Waals surface area contributed by atoms with E-state index in [1.54, 1.807) is 19.2 Å². The van der Waals surface area contributed by atoms with E-state index in [1.807, 2.05) is 6.92 Å². The van der Waals surface area contributed by atoms with Gasteiger partial charge in [-0.05, 0) is 43.4 Å². The van der Waals surface area contributed by atoms with Crippen LogP contribution < -0.4 is 11.1 Å². The molecule has 1 aliphatic heterocycles. The molecule has 0 aromatic heterocycles. The van der Waals surface area contributed by atoms with Crippen LogP contribution >= 0.6 is 24.0 Å². The van der Waals surface area contributed by atoms with Crippen LogP contribution in [0, 0.1) is 11.7 Å². The van der Waals surface area contributed by atoms with E-state index in [2.05, 4.69) is 10.2 Å². The number of hydrogen-bond acceptors (Lipinski definition) is 3. The summed E-state index contributed by atoms with van der Waals surface area (Å²) in [4.78, 5) is 18.1. The molecule has 1 heterocycles. The second kappa shape index (κ2) is 12.1. The Kier molecular flexibility index (Phi) is 10.6. The highest BCUT2D eigenvalue weighted by molar-refractivity contribution is 14.0. The van der Waals surface area contributed by atoms with E-state index in [1.165, 1.54) is 12.1 Å². The Morgan fingerprint density at radius 2 is 2.15 bits per heavy atom. The Morgan fingerprint density at radius 3 is 2.74 bits per heavy atom. The summed E-state index contributed by atoms with van der Waals surface area (Å²) >= 11 is 0. The van der Waals surface area contributed by atoms with Gasteiger partial charge in [0.1, 0.15) is 11.9 Å². The van der Waals surface area contributed by atoms with Gasteiger partial charge in [0.25, 0.3) is 0 Å². The second-order valence-corrected chi connectivity index (χ2v) is 6.60. The van der Waals surface area contributed by atoms with Gasteiger partial charge in [-0.2, -0.15) is 0 Å². The van der Waals surface area contributed by atoms with Crippen molar-refractivity contribution in [1.29, 1.82) is 0 Å². The molecule has 1 aromatic carbocycles. The number of piperidine rings is 1. The molecule has 1 saturated heterocycles. The lowest BCUT2D eigenvalue weighted by Crippen LogP contribution is -2.47. The van der Waals surface area contributed by atoms with Crippen molar-refractivity contribution >= 4 is 35.8 Å². The maximum atomic E-state index is 13.1. The maximum absolute atomic E-state index is 13.1. The SMILES string of the molecule is CCNC(=NCC(OC)c1ccc(F)cc1)N1CCCC(CC(N)=O)C1.I. The van der Waals surface area contributed by atoms with Gasteiger partial charge in [-0.15, -0.1) is 24.0 Å². The van der Waals surface area contributed by atoms with E-state index in [-0.39, 0.29) is 47.7 Å². The number of nitrogens with one attached hydrogen (secondary N) is 1. The van der Waals surface area contributed by atoms with E-state index < -0.39 is 0 Å². The van der Waals surface area contributed by atoms with Crippen molar-refractivity contribution in [3.8, 4) is 0 Å². The van der Waals surface area contributed by atoms with Crippen molar-refractivity contribution < 1.29 is 13.9 Å². The lowest BCUT2D eigenvalue weighted by Gasteiger charge is -2.34. The molecular weight excluding hydrogens is 462 g/mol. The van der Waals surface area contributed by atoms with Crippen LogP contribution in [0.5, 0.6) is 0 Å². The fraction of sp³-hybridized carbons (Fsp3) is 0.579. The summed E-state index contributed by atoms with van der Waals surface area (Å²) in [6.07, 6.45) is 2.19. The van der Waals surface area contributed by atoms with Crippen molar-refractivity contribution in [2.24, 2.45) is 16.6 Å². The number of guanidine groups is 1. The molecule has 3 N–H and O–H groups in total. The third-order valence-corrected chi connectivity index (χ3v) is 4.58. The number of carbonyl (C=O) groups excluding carboxylic acids is 1. The molecule has 1 aliphatic rings. The molecule has 1 aromatic rings. The van der Waals surface area contributed by atoms with Gasteiger partial charge in [0.05, 0.1) is 6.54 Å². The molecule has 1 fully saturated rings. The lowest BCUT2D eigenvalue weighted by molar-refractivity contribution is -0.119.